The Balaban J connectivity index is 4.49. The highest BCUT2D eigenvalue weighted by molar-refractivity contribution is 9.39. The molecule has 0 aromatic heterocycles. The van der Waals surface area contributed by atoms with Crippen LogP contribution in [0, 0.1) is 0 Å². The van der Waals surface area contributed by atoms with Crippen molar-refractivity contribution in [2.24, 2.45) is 0 Å². The highest BCUT2D eigenvalue weighted by atomic mass is 80.0. The lowest BCUT2D eigenvalue weighted by atomic mass is 10.4. The van der Waals surface area contributed by atoms with Crippen molar-refractivity contribution in [3.8, 4) is 0 Å². The monoisotopic (exact) mass is 426 g/mol. The molecule has 0 heterocycles. The van der Waals surface area contributed by atoms with E-state index in [1.165, 1.54) is 4.99 Å². The molecule has 0 atom stereocenters. The first-order chi connectivity index (χ1) is 5.43. The second kappa shape index (κ2) is 5.78. The number of esters is 1. The molecule has 0 aliphatic carbocycles. The van der Waals surface area contributed by atoms with Crippen molar-refractivity contribution in [2.75, 3.05) is 6.61 Å². The molecule has 0 aromatic rings. The van der Waals surface area contributed by atoms with E-state index in [0.29, 0.717) is 12.2 Å². The van der Waals surface area contributed by atoms with E-state index in [-0.39, 0.29) is 5.97 Å². The molecule has 0 aromatic carbocycles. The van der Waals surface area contributed by atoms with Crippen LogP contribution in [0.15, 0.2) is 10.6 Å². The summed E-state index contributed by atoms with van der Waals surface area (Å²) in [6, 6.07) is 0. The van der Waals surface area contributed by atoms with Gasteiger partial charge in [-0.25, -0.2) is 4.79 Å². The molecule has 70 valence electrons. The molecule has 0 bridgehead atoms. The van der Waals surface area contributed by atoms with Gasteiger partial charge in [0.25, 0.3) is 0 Å². The average molecular weight is 430 g/mol. The van der Waals surface area contributed by atoms with Gasteiger partial charge >= 0.3 is 5.97 Å². The van der Waals surface area contributed by atoms with Crippen molar-refractivity contribution in [1.82, 2.24) is 0 Å². The van der Waals surface area contributed by atoms with Gasteiger partial charge in [0.2, 0.25) is 0 Å². The Kier molecular flexibility index (Phi) is 6.32. The van der Waals surface area contributed by atoms with Crippen LogP contribution in [-0.2, 0) is 9.53 Å². The van der Waals surface area contributed by atoms with E-state index in [1.54, 1.807) is 6.92 Å². The van der Waals surface area contributed by atoms with Crippen LogP contribution in [0.2, 0.25) is 0 Å². The predicted molar refractivity (Wildman–Crippen MR) is 63.2 cm³/mol. The minimum Gasteiger partial charge on any atom is -0.463 e. The molecule has 0 radical (unpaired) electrons. The molecule has 0 rings (SSSR count). The maximum atomic E-state index is 11.2. The molecular weight excluding hydrogens is 424 g/mol. The van der Waals surface area contributed by atoms with Crippen LogP contribution in [-0.4, -0.2) is 14.7 Å². The first kappa shape index (κ1) is 13.1. The van der Waals surface area contributed by atoms with E-state index in [4.69, 9.17) is 4.74 Å². The van der Waals surface area contributed by atoms with Crippen molar-refractivity contribution in [3.63, 3.8) is 0 Å². The van der Waals surface area contributed by atoms with Crippen molar-refractivity contribution in [2.45, 2.75) is 9.07 Å². The molecule has 0 fully saturated rings. The smallest absolute Gasteiger partial charge is 0.337 e. The number of alkyl halides is 3. The van der Waals surface area contributed by atoms with Crippen molar-refractivity contribution in [3.05, 3.63) is 10.6 Å². The predicted octanol–water partition coefficient (Wildman–Crippen LogP) is 3.67. The van der Waals surface area contributed by atoms with Gasteiger partial charge in [0, 0.05) is 0 Å². The largest absolute Gasteiger partial charge is 0.463 e. The first-order valence-corrected chi connectivity index (χ1v) is 6.27. The summed E-state index contributed by atoms with van der Waals surface area (Å²) in [7, 11) is 0. The minimum absolute atomic E-state index is 0.353. The fourth-order valence-electron chi connectivity index (χ4n) is 0.431. The maximum absolute atomic E-state index is 11.2. The Bertz CT molecular complexity index is 194. The van der Waals surface area contributed by atoms with Crippen LogP contribution in [0.4, 0.5) is 0 Å². The number of rotatable bonds is 2. The fraction of sp³-hybridized carbons (Fsp3) is 0.500. The number of hydrogen-bond acceptors (Lipinski definition) is 2. The van der Waals surface area contributed by atoms with Crippen LogP contribution < -0.4 is 0 Å². The van der Waals surface area contributed by atoms with Gasteiger partial charge in [0.1, 0.15) is 0 Å². The van der Waals surface area contributed by atoms with Gasteiger partial charge < -0.3 is 4.74 Å². The van der Waals surface area contributed by atoms with Crippen LogP contribution in [0.25, 0.3) is 0 Å². The van der Waals surface area contributed by atoms with E-state index < -0.39 is 2.14 Å². The van der Waals surface area contributed by atoms with Gasteiger partial charge in [-0.05, 0) is 11.9 Å². The van der Waals surface area contributed by atoms with E-state index in [2.05, 4.69) is 63.7 Å². The number of carbonyl (C=O) groups is 1. The lowest BCUT2D eigenvalue weighted by Gasteiger charge is -2.14. The summed E-state index contributed by atoms with van der Waals surface area (Å²) in [4.78, 5) is 12.7. The lowest BCUT2D eigenvalue weighted by Crippen LogP contribution is -2.17. The third-order valence-corrected chi connectivity index (χ3v) is 2.65. The number of ether oxygens (including phenoxy) is 1. The third kappa shape index (κ3) is 4.39. The van der Waals surface area contributed by atoms with Crippen LogP contribution in [0.3, 0.4) is 0 Å². The Hall–Kier alpha value is 1.13. The number of hydrogen-bond donors (Lipinski definition) is 0. The van der Waals surface area contributed by atoms with Gasteiger partial charge in [-0.3, -0.25) is 0 Å². The van der Waals surface area contributed by atoms with Crippen molar-refractivity contribution in [1.29, 1.82) is 0 Å². The van der Waals surface area contributed by atoms with Gasteiger partial charge in [0.05, 0.1) is 12.2 Å². The summed E-state index contributed by atoms with van der Waals surface area (Å²) in [5.41, 5.74) is 0.407. The fourth-order valence-corrected chi connectivity index (χ4v) is 2.71. The molecule has 0 saturated heterocycles. The van der Waals surface area contributed by atoms with Crippen molar-refractivity contribution >= 4 is 69.7 Å². The molecular formula is C6H6Br4O2. The molecule has 0 spiro atoms. The van der Waals surface area contributed by atoms with Crippen LogP contribution >= 0.6 is 63.7 Å². The summed E-state index contributed by atoms with van der Waals surface area (Å²) in [6.07, 6.45) is 0. The summed E-state index contributed by atoms with van der Waals surface area (Å²) in [5, 5.41) is 0. The van der Waals surface area contributed by atoms with Gasteiger partial charge in [-0.15, -0.1) is 0 Å². The molecule has 0 unspecified atom stereocenters. The lowest BCUT2D eigenvalue weighted by molar-refractivity contribution is -0.138. The molecule has 6 heteroatoms. The Morgan fingerprint density at radius 1 is 1.50 bits per heavy atom. The van der Waals surface area contributed by atoms with Crippen LogP contribution in [0.5, 0.6) is 0 Å². The number of carbonyl (C=O) groups excluding carboxylic acids is 1. The molecule has 0 aliphatic heterocycles. The molecule has 2 nitrogen and oxygen atoms in total. The van der Waals surface area contributed by atoms with Gasteiger partial charge in [0.15, 0.2) is 2.14 Å². The van der Waals surface area contributed by atoms with E-state index in [9.17, 15) is 4.79 Å². The summed E-state index contributed by atoms with van der Waals surface area (Å²) in [5.74, 6) is -0.389. The maximum Gasteiger partial charge on any atom is 0.337 e. The molecule has 0 amide bonds. The normalized spacial score (nSPS) is 12.9. The molecule has 12 heavy (non-hydrogen) atoms. The van der Waals surface area contributed by atoms with Crippen LogP contribution in [0.1, 0.15) is 6.92 Å². The quantitative estimate of drug-likeness (QED) is 0.380. The zero-order valence-electron chi connectivity index (χ0n) is 6.11. The minimum atomic E-state index is -0.733. The highest BCUT2D eigenvalue weighted by Crippen LogP contribution is 2.41. The average Bonchev–Trinajstić information content (AvgIpc) is 1.85. The highest BCUT2D eigenvalue weighted by Gasteiger charge is 2.30. The molecule has 0 N–H and O–H groups in total. The zero-order chi connectivity index (χ0) is 9.78. The standard InChI is InChI=1S/C6H6Br4O2/c1-2-12-5(11)4(3-7)6(8,9)10/h3H,2H2,1H3. The summed E-state index contributed by atoms with van der Waals surface area (Å²) in [6.45, 7) is 2.11. The van der Waals surface area contributed by atoms with Gasteiger partial charge in [-0.1, -0.05) is 63.7 Å². The Morgan fingerprint density at radius 3 is 2.25 bits per heavy atom. The summed E-state index contributed by atoms with van der Waals surface area (Å²) < 4.78 is 4.06. The van der Waals surface area contributed by atoms with Crippen molar-refractivity contribution < 1.29 is 9.53 Å². The third-order valence-electron chi connectivity index (χ3n) is 0.910. The number of halogens is 4. The Morgan fingerprint density at radius 2 is 2.00 bits per heavy atom. The second-order valence-electron chi connectivity index (χ2n) is 1.74. The zero-order valence-corrected chi connectivity index (χ0v) is 12.5. The summed E-state index contributed by atoms with van der Waals surface area (Å²) >= 11 is 12.7. The Labute approximate surface area is 105 Å². The molecule has 0 saturated carbocycles. The molecule has 0 aliphatic rings. The topological polar surface area (TPSA) is 26.3 Å². The first-order valence-electron chi connectivity index (χ1n) is 2.98. The SMILES string of the molecule is CCOC(=O)C(=CBr)C(Br)(Br)Br. The van der Waals surface area contributed by atoms with E-state index in [1.807, 2.05) is 0 Å². The van der Waals surface area contributed by atoms with E-state index >= 15 is 0 Å². The van der Waals surface area contributed by atoms with E-state index in [0.717, 1.165) is 0 Å². The second-order valence-corrected chi connectivity index (χ2v) is 8.96. The van der Waals surface area contributed by atoms with Gasteiger partial charge in [-0.2, -0.15) is 0 Å².